The molecule has 38 heavy (non-hydrogen) atoms. The number of anilines is 1. The molecule has 4 aromatic rings. The summed E-state index contributed by atoms with van der Waals surface area (Å²) in [5.41, 5.74) is 4.98. The summed E-state index contributed by atoms with van der Waals surface area (Å²) in [6, 6.07) is 10.6. The summed E-state index contributed by atoms with van der Waals surface area (Å²) in [4.78, 5) is 13.0. The molecule has 0 amide bonds. The lowest BCUT2D eigenvalue weighted by atomic mass is 10.1. The molecular formula is C28H37N3O6S. The van der Waals surface area contributed by atoms with Gasteiger partial charge >= 0.3 is 11.9 Å². The van der Waals surface area contributed by atoms with Crippen LogP contribution in [0.5, 0.6) is 0 Å². The largest absolute Gasteiger partial charge is 0.748 e. The summed E-state index contributed by atoms with van der Waals surface area (Å²) in [6.45, 7) is 6.12. The van der Waals surface area contributed by atoms with E-state index in [1.165, 1.54) is 0 Å². The van der Waals surface area contributed by atoms with E-state index in [4.69, 9.17) is 9.52 Å². The van der Waals surface area contributed by atoms with Crippen LogP contribution in [-0.4, -0.2) is 47.5 Å². The minimum absolute atomic E-state index is 0.191. The number of carbonyl (C=O) groups is 1. The van der Waals surface area contributed by atoms with Gasteiger partial charge in [0.05, 0.1) is 22.6 Å². The summed E-state index contributed by atoms with van der Waals surface area (Å²) >= 11 is 0. The fourth-order valence-electron chi connectivity index (χ4n) is 5.24. The summed E-state index contributed by atoms with van der Waals surface area (Å²) < 4.78 is 43.8. The third-order valence-corrected chi connectivity index (χ3v) is 8.03. The average molecular weight is 544 g/mol. The number of carboxylic acid groups (broad SMARTS) is 1. The fourth-order valence-corrected chi connectivity index (χ4v) is 5.72. The second-order valence-electron chi connectivity index (χ2n) is 10.0. The smallest absolute Gasteiger partial charge is 0.344 e. The normalized spacial score (nSPS) is 12.2. The second kappa shape index (κ2) is 11.7. The van der Waals surface area contributed by atoms with E-state index in [1.54, 1.807) is 0 Å². The van der Waals surface area contributed by atoms with Crippen molar-refractivity contribution in [1.29, 1.82) is 0 Å². The Kier molecular flexibility index (Phi) is 8.62. The van der Waals surface area contributed by atoms with Crippen molar-refractivity contribution in [1.82, 2.24) is 4.57 Å². The molecule has 0 aliphatic carbocycles. The van der Waals surface area contributed by atoms with Crippen molar-refractivity contribution >= 4 is 54.7 Å². The summed E-state index contributed by atoms with van der Waals surface area (Å²) in [6.07, 6.45) is 4.85. The van der Waals surface area contributed by atoms with Crippen LogP contribution in [0.1, 0.15) is 57.8 Å². The van der Waals surface area contributed by atoms with Gasteiger partial charge in [0, 0.05) is 72.8 Å². The standard InChI is InChI=1S/C28H37N3O6S/c1-4-5-13-30(14-9-16-38(34,35)36)21-11-12-24-22(17-21)23-18-26-27(19-25(23)29(24)3)37-20(2)31(26)15-8-6-7-10-28(32)33/h11-12,17-19H,4-10,13-16H2,1-3H3,(H-,32,33,34,35,36). The second-order valence-corrected chi connectivity index (χ2v) is 11.6. The Morgan fingerprint density at radius 2 is 1.79 bits per heavy atom. The maximum atomic E-state index is 11.1. The van der Waals surface area contributed by atoms with Gasteiger partial charge in [-0.2, -0.15) is 4.57 Å². The Labute approximate surface area is 223 Å². The van der Waals surface area contributed by atoms with Gasteiger partial charge in [-0.1, -0.05) is 13.3 Å². The van der Waals surface area contributed by atoms with Gasteiger partial charge in [0.1, 0.15) is 0 Å². The van der Waals surface area contributed by atoms with E-state index < -0.39 is 16.1 Å². The van der Waals surface area contributed by atoms with E-state index in [9.17, 15) is 17.8 Å². The molecule has 9 nitrogen and oxygen atoms in total. The molecule has 4 rings (SSSR count). The Morgan fingerprint density at radius 1 is 1.05 bits per heavy atom. The first-order valence-corrected chi connectivity index (χ1v) is 14.9. The number of benzene rings is 2. The van der Waals surface area contributed by atoms with Gasteiger partial charge < -0.3 is 23.5 Å². The number of nitrogens with zero attached hydrogens (tertiary/aromatic N) is 3. The summed E-state index contributed by atoms with van der Waals surface area (Å²) in [7, 11) is -2.20. The highest BCUT2D eigenvalue weighted by Gasteiger charge is 2.22. The van der Waals surface area contributed by atoms with E-state index in [0.717, 1.165) is 83.3 Å². The molecule has 10 heteroatoms. The topological polar surface area (TPSA) is 120 Å². The third kappa shape index (κ3) is 6.30. The lowest BCUT2D eigenvalue weighted by Gasteiger charge is -2.25. The van der Waals surface area contributed by atoms with Gasteiger partial charge in [-0.25, -0.2) is 8.42 Å². The molecule has 2 aromatic heterocycles. The van der Waals surface area contributed by atoms with Crippen LogP contribution in [0.25, 0.3) is 32.9 Å². The predicted molar refractivity (Wildman–Crippen MR) is 148 cm³/mol. The maximum absolute atomic E-state index is 11.1. The maximum Gasteiger partial charge on any atom is 0.344 e. The molecule has 0 saturated heterocycles. The minimum Gasteiger partial charge on any atom is -0.748 e. The van der Waals surface area contributed by atoms with E-state index >= 15 is 0 Å². The predicted octanol–water partition coefficient (Wildman–Crippen LogP) is 4.86. The van der Waals surface area contributed by atoms with Crippen LogP contribution in [0.3, 0.4) is 0 Å². The molecule has 0 saturated carbocycles. The number of hydrogen-bond acceptors (Lipinski definition) is 6. The van der Waals surface area contributed by atoms with Crippen LogP contribution < -0.4 is 9.47 Å². The van der Waals surface area contributed by atoms with Gasteiger partial charge in [0.25, 0.3) is 5.52 Å². The van der Waals surface area contributed by atoms with Crippen molar-refractivity contribution < 1.29 is 31.9 Å². The highest BCUT2D eigenvalue weighted by molar-refractivity contribution is 7.85. The summed E-state index contributed by atoms with van der Waals surface area (Å²) in [5, 5.41) is 11.1. The molecular weight excluding hydrogens is 506 g/mol. The molecule has 1 N–H and O–H groups in total. The Bertz CT molecular complexity index is 1550. The SMILES string of the molecule is CCCCN(CCCS(=O)(=O)[O-])c1ccc2c(c1)c1cc3c(cc1n2C)oc(C)[n+]3CCCCCC(=O)O. The molecule has 0 aliphatic heterocycles. The fraction of sp³-hybridized carbons (Fsp3) is 0.500. The van der Waals surface area contributed by atoms with E-state index in [-0.39, 0.29) is 12.2 Å². The molecule has 2 heterocycles. The molecule has 0 unspecified atom stereocenters. The molecule has 0 bridgehead atoms. The van der Waals surface area contributed by atoms with Crippen molar-refractivity contribution in [2.24, 2.45) is 7.05 Å². The Hall–Kier alpha value is -3.11. The van der Waals surface area contributed by atoms with Crippen molar-refractivity contribution in [3.05, 3.63) is 36.2 Å². The van der Waals surface area contributed by atoms with Crippen molar-refractivity contribution in [2.75, 3.05) is 23.7 Å². The number of aromatic nitrogens is 2. The Balaban J connectivity index is 1.69. The molecule has 0 atom stereocenters. The summed E-state index contributed by atoms with van der Waals surface area (Å²) in [5.74, 6) is -0.304. The lowest BCUT2D eigenvalue weighted by Crippen LogP contribution is -2.35. The highest BCUT2D eigenvalue weighted by Crippen LogP contribution is 2.34. The van der Waals surface area contributed by atoms with Gasteiger partial charge in [0.15, 0.2) is 6.54 Å². The van der Waals surface area contributed by atoms with Crippen molar-refractivity contribution in [3.63, 3.8) is 0 Å². The minimum atomic E-state index is -4.24. The van der Waals surface area contributed by atoms with E-state index in [0.29, 0.717) is 19.4 Å². The van der Waals surface area contributed by atoms with Crippen molar-refractivity contribution in [2.45, 2.75) is 65.3 Å². The first-order valence-electron chi connectivity index (χ1n) is 13.3. The van der Waals surface area contributed by atoms with E-state index in [2.05, 4.69) is 51.3 Å². The number of fused-ring (bicyclic) bond motifs is 4. The zero-order chi connectivity index (χ0) is 27.4. The molecule has 0 spiro atoms. The van der Waals surface area contributed by atoms with Crippen molar-refractivity contribution in [3.8, 4) is 0 Å². The number of hydrogen-bond donors (Lipinski definition) is 1. The van der Waals surface area contributed by atoms with Crippen LogP contribution >= 0.6 is 0 Å². The van der Waals surface area contributed by atoms with Crippen LogP contribution in [-0.2, 0) is 28.5 Å². The first-order chi connectivity index (χ1) is 18.1. The number of aryl methyl sites for hydroxylation is 3. The molecule has 0 fully saturated rings. The van der Waals surface area contributed by atoms with Crippen LogP contribution in [0.2, 0.25) is 0 Å². The van der Waals surface area contributed by atoms with Crippen LogP contribution in [0, 0.1) is 6.92 Å². The van der Waals surface area contributed by atoms with Gasteiger partial charge in [0.2, 0.25) is 5.58 Å². The molecule has 0 aliphatic rings. The number of carboxylic acids is 1. The monoisotopic (exact) mass is 543 g/mol. The van der Waals surface area contributed by atoms with Crippen LogP contribution in [0.4, 0.5) is 5.69 Å². The Morgan fingerprint density at radius 3 is 2.50 bits per heavy atom. The zero-order valence-electron chi connectivity index (χ0n) is 22.4. The first kappa shape index (κ1) is 27.9. The quantitative estimate of drug-likeness (QED) is 0.137. The highest BCUT2D eigenvalue weighted by atomic mass is 32.2. The van der Waals surface area contributed by atoms with Gasteiger partial charge in [-0.15, -0.1) is 0 Å². The molecule has 2 aromatic carbocycles. The van der Waals surface area contributed by atoms with Gasteiger partial charge in [-0.05, 0) is 43.9 Å². The zero-order valence-corrected chi connectivity index (χ0v) is 23.2. The number of unbranched alkanes of at least 4 members (excludes halogenated alkanes) is 3. The van der Waals surface area contributed by atoms with Crippen LogP contribution in [0.15, 0.2) is 34.7 Å². The van der Waals surface area contributed by atoms with Gasteiger partial charge in [-0.3, -0.25) is 4.79 Å². The molecule has 206 valence electrons. The number of aliphatic carboxylic acids is 1. The lowest BCUT2D eigenvalue weighted by molar-refractivity contribution is -0.683. The van der Waals surface area contributed by atoms with E-state index in [1.807, 2.05) is 14.0 Å². The average Bonchev–Trinajstić information content (AvgIpc) is 3.31. The third-order valence-electron chi connectivity index (χ3n) is 7.24. The number of rotatable bonds is 14. The molecule has 0 radical (unpaired) electrons. The number of oxazole rings is 1.